The van der Waals surface area contributed by atoms with Gasteiger partial charge in [0.05, 0.1) is 5.52 Å². The maximum absolute atomic E-state index is 5.99. The molecule has 3 aromatic rings. The topological polar surface area (TPSA) is 60.6 Å². The number of aryl methyl sites for hydroxylation is 1. The third kappa shape index (κ3) is 4.96. The molecular weight excluding hydrogens is 338 g/mol. The summed E-state index contributed by atoms with van der Waals surface area (Å²) in [4.78, 5) is 6.69. The molecule has 1 heterocycles. The van der Waals surface area contributed by atoms with Crippen LogP contribution < -0.4 is 15.2 Å². The van der Waals surface area contributed by atoms with Crippen LogP contribution in [0.2, 0.25) is 0 Å². The number of ether oxygens (including phenoxy) is 2. The van der Waals surface area contributed by atoms with Crippen LogP contribution in [0.25, 0.3) is 10.9 Å². The highest BCUT2D eigenvalue weighted by atomic mass is 16.5. The SMILES string of the molecule is Cc1cc(OCCN(C)C)ccc1Oc1ccc2cc(C(C)N)ccc2n1. The molecule has 2 N–H and O–H groups in total. The molecule has 0 aliphatic carbocycles. The fourth-order valence-electron chi connectivity index (χ4n) is 2.75. The molecule has 0 saturated carbocycles. The van der Waals surface area contributed by atoms with Crippen LogP contribution in [-0.4, -0.2) is 37.1 Å². The van der Waals surface area contributed by atoms with Crippen LogP contribution in [0.1, 0.15) is 24.1 Å². The van der Waals surface area contributed by atoms with Gasteiger partial charge in [-0.05, 0) is 75.5 Å². The molecule has 0 bridgehead atoms. The van der Waals surface area contributed by atoms with Gasteiger partial charge in [-0.15, -0.1) is 0 Å². The number of rotatable bonds is 7. The molecule has 0 radical (unpaired) electrons. The van der Waals surface area contributed by atoms with Gasteiger partial charge in [-0.2, -0.15) is 0 Å². The zero-order valence-corrected chi connectivity index (χ0v) is 16.4. The monoisotopic (exact) mass is 365 g/mol. The summed E-state index contributed by atoms with van der Waals surface area (Å²) in [5, 5.41) is 1.05. The van der Waals surface area contributed by atoms with Gasteiger partial charge in [0.25, 0.3) is 0 Å². The highest BCUT2D eigenvalue weighted by molar-refractivity contribution is 5.80. The van der Waals surface area contributed by atoms with Crippen LogP contribution in [0, 0.1) is 6.92 Å². The molecule has 142 valence electrons. The van der Waals surface area contributed by atoms with Gasteiger partial charge in [0.15, 0.2) is 0 Å². The average Bonchev–Trinajstić information content (AvgIpc) is 2.63. The third-order valence-corrected chi connectivity index (χ3v) is 4.38. The number of nitrogens with two attached hydrogens (primary N) is 1. The summed E-state index contributed by atoms with van der Waals surface area (Å²) in [5.41, 5.74) is 8.94. The number of hydrogen-bond acceptors (Lipinski definition) is 5. The molecule has 3 rings (SSSR count). The molecule has 0 amide bonds. The van der Waals surface area contributed by atoms with Gasteiger partial charge < -0.3 is 20.1 Å². The zero-order valence-electron chi connectivity index (χ0n) is 16.4. The Labute approximate surface area is 160 Å². The molecule has 2 aromatic carbocycles. The first-order valence-electron chi connectivity index (χ1n) is 9.15. The smallest absolute Gasteiger partial charge is 0.219 e. The van der Waals surface area contributed by atoms with E-state index in [1.165, 1.54) is 0 Å². The van der Waals surface area contributed by atoms with E-state index in [1.807, 2.05) is 70.4 Å². The Morgan fingerprint density at radius 3 is 2.59 bits per heavy atom. The fraction of sp³-hybridized carbons (Fsp3) is 0.318. The van der Waals surface area contributed by atoms with E-state index in [0.29, 0.717) is 12.5 Å². The van der Waals surface area contributed by atoms with Gasteiger partial charge in [0.1, 0.15) is 18.1 Å². The number of hydrogen-bond donors (Lipinski definition) is 1. The highest BCUT2D eigenvalue weighted by Crippen LogP contribution is 2.29. The number of likely N-dealkylation sites (N-methyl/N-ethyl adjacent to an activating group) is 1. The molecular formula is C22H27N3O2. The lowest BCUT2D eigenvalue weighted by molar-refractivity contribution is 0.261. The van der Waals surface area contributed by atoms with E-state index in [0.717, 1.165) is 40.1 Å². The maximum atomic E-state index is 5.99. The Morgan fingerprint density at radius 1 is 1.07 bits per heavy atom. The van der Waals surface area contributed by atoms with Crippen molar-refractivity contribution in [3.05, 3.63) is 59.7 Å². The molecule has 0 aliphatic heterocycles. The van der Waals surface area contributed by atoms with Gasteiger partial charge in [-0.25, -0.2) is 4.98 Å². The molecule has 5 nitrogen and oxygen atoms in total. The van der Waals surface area contributed by atoms with E-state index in [-0.39, 0.29) is 6.04 Å². The summed E-state index contributed by atoms with van der Waals surface area (Å²) < 4.78 is 11.8. The van der Waals surface area contributed by atoms with Crippen LogP contribution in [0.15, 0.2) is 48.5 Å². The second-order valence-corrected chi connectivity index (χ2v) is 7.07. The molecule has 1 atom stereocenters. The minimum atomic E-state index is 0.00596. The lowest BCUT2D eigenvalue weighted by Gasteiger charge is -2.13. The Morgan fingerprint density at radius 2 is 1.89 bits per heavy atom. The second-order valence-electron chi connectivity index (χ2n) is 7.07. The summed E-state index contributed by atoms with van der Waals surface area (Å²) in [6.45, 7) is 5.51. The lowest BCUT2D eigenvalue weighted by Crippen LogP contribution is -2.19. The molecule has 1 unspecified atom stereocenters. The largest absolute Gasteiger partial charge is 0.492 e. The first-order valence-corrected chi connectivity index (χ1v) is 9.15. The lowest BCUT2D eigenvalue weighted by atomic mass is 10.1. The summed E-state index contributed by atoms with van der Waals surface area (Å²) in [6.07, 6.45) is 0. The van der Waals surface area contributed by atoms with Crippen molar-refractivity contribution in [1.82, 2.24) is 9.88 Å². The van der Waals surface area contributed by atoms with E-state index in [2.05, 4.69) is 16.0 Å². The average molecular weight is 365 g/mol. The Kier molecular flexibility index (Phi) is 5.94. The van der Waals surface area contributed by atoms with E-state index >= 15 is 0 Å². The molecule has 0 aliphatic rings. The van der Waals surface area contributed by atoms with Crippen molar-refractivity contribution < 1.29 is 9.47 Å². The van der Waals surface area contributed by atoms with E-state index < -0.39 is 0 Å². The minimum absolute atomic E-state index is 0.00596. The number of pyridine rings is 1. The van der Waals surface area contributed by atoms with Crippen molar-refractivity contribution in [1.29, 1.82) is 0 Å². The van der Waals surface area contributed by atoms with Crippen molar-refractivity contribution in [2.24, 2.45) is 5.73 Å². The zero-order chi connectivity index (χ0) is 19.4. The minimum Gasteiger partial charge on any atom is -0.492 e. The van der Waals surface area contributed by atoms with Gasteiger partial charge >= 0.3 is 0 Å². The summed E-state index contributed by atoms with van der Waals surface area (Å²) >= 11 is 0. The van der Waals surface area contributed by atoms with Crippen molar-refractivity contribution >= 4 is 10.9 Å². The third-order valence-electron chi connectivity index (χ3n) is 4.38. The van der Waals surface area contributed by atoms with Crippen LogP contribution in [0.4, 0.5) is 0 Å². The number of benzene rings is 2. The van der Waals surface area contributed by atoms with Crippen LogP contribution in [0.3, 0.4) is 0 Å². The molecule has 0 fully saturated rings. The van der Waals surface area contributed by atoms with Gasteiger partial charge in [0, 0.05) is 24.0 Å². The summed E-state index contributed by atoms with van der Waals surface area (Å²) in [6, 6.07) is 15.8. The molecule has 0 saturated heterocycles. The van der Waals surface area contributed by atoms with Crippen molar-refractivity contribution in [3.63, 3.8) is 0 Å². The first-order chi connectivity index (χ1) is 12.9. The fourth-order valence-corrected chi connectivity index (χ4v) is 2.75. The predicted octanol–water partition coefficient (Wildman–Crippen LogP) is 4.30. The number of aromatic nitrogens is 1. The summed E-state index contributed by atoms with van der Waals surface area (Å²) in [5.74, 6) is 2.19. The molecule has 1 aromatic heterocycles. The Balaban J connectivity index is 1.73. The van der Waals surface area contributed by atoms with Crippen molar-refractivity contribution in [3.8, 4) is 17.4 Å². The first kappa shape index (κ1) is 19.1. The normalized spacial score (nSPS) is 12.4. The van der Waals surface area contributed by atoms with Crippen molar-refractivity contribution in [2.45, 2.75) is 19.9 Å². The Hall–Kier alpha value is -2.63. The molecule has 0 spiro atoms. The predicted molar refractivity (Wildman–Crippen MR) is 110 cm³/mol. The van der Waals surface area contributed by atoms with E-state index in [1.54, 1.807) is 0 Å². The number of nitrogens with zero attached hydrogens (tertiary/aromatic N) is 2. The quantitative estimate of drug-likeness (QED) is 0.676. The number of fused-ring (bicyclic) bond motifs is 1. The van der Waals surface area contributed by atoms with Gasteiger partial charge in [-0.3, -0.25) is 0 Å². The molecule has 27 heavy (non-hydrogen) atoms. The molecule has 5 heteroatoms. The second kappa shape index (κ2) is 8.37. The van der Waals surface area contributed by atoms with Crippen LogP contribution in [-0.2, 0) is 0 Å². The standard InChI is InChI=1S/C22H27N3O2/c1-15-13-19(26-12-11-25(3)4)7-9-21(15)27-22-10-6-18-14-17(16(2)23)5-8-20(18)24-22/h5-10,13-14,16H,11-12,23H2,1-4H3. The highest BCUT2D eigenvalue weighted by Gasteiger charge is 2.07. The van der Waals surface area contributed by atoms with E-state index in [9.17, 15) is 0 Å². The van der Waals surface area contributed by atoms with Gasteiger partial charge in [0.2, 0.25) is 5.88 Å². The van der Waals surface area contributed by atoms with Crippen LogP contribution in [0.5, 0.6) is 17.4 Å². The maximum Gasteiger partial charge on any atom is 0.219 e. The van der Waals surface area contributed by atoms with Crippen molar-refractivity contribution in [2.75, 3.05) is 27.2 Å². The van der Waals surface area contributed by atoms with Gasteiger partial charge in [-0.1, -0.05) is 6.07 Å². The van der Waals surface area contributed by atoms with Crippen LogP contribution >= 0.6 is 0 Å². The van der Waals surface area contributed by atoms with E-state index in [4.69, 9.17) is 15.2 Å². The Bertz CT molecular complexity index is 923. The summed E-state index contributed by atoms with van der Waals surface area (Å²) in [7, 11) is 4.05.